The smallest absolute Gasteiger partial charge is 0.410 e. The number of carbonyl (C=O) groups is 1. The molecule has 0 atom stereocenters. The van der Waals surface area contributed by atoms with Crippen molar-refractivity contribution in [2.24, 2.45) is 4.99 Å². The second-order valence-corrected chi connectivity index (χ2v) is 6.27. The monoisotopic (exact) mass is 428 g/mol. The number of amides is 1. The molecule has 0 aliphatic carbocycles. The molecule has 0 unspecified atom stereocenters. The summed E-state index contributed by atoms with van der Waals surface area (Å²) in [5.74, 6) is 0.741. The van der Waals surface area contributed by atoms with Gasteiger partial charge < -0.3 is 20.3 Å². The third-order valence-corrected chi connectivity index (χ3v) is 2.47. The molecule has 0 rings (SSSR count). The van der Waals surface area contributed by atoms with Gasteiger partial charge in [0.05, 0.1) is 0 Å². The van der Waals surface area contributed by atoms with Gasteiger partial charge in [0.15, 0.2) is 5.96 Å². The lowest BCUT2D eigenvalue weighted by molar-refractivity contribution is 0.0253. The number of nitrogens with one attached hydrogen (secondary N) is 2. The van der Waals surface area contributed by atoms with E-state index in [1.165, 1.54) is 0 Å². The first-order valence-electron chi connectivity index (χ1n) is 7.64. The second-order valence-electron chi connectivity index (χ2n) is 6.27. The highest BCUT2D eigenvalue weighted by atomic mass is 127. The molecule has 132 valence electrons. The maximum Gasteiger partial charge on any atom is 0.410 e. The van der Waals surface area contributed by atoms with E-state index in [-0.39, 0.29) is 30.1 Å². The molecular formula is C15H33IN4O2. The molecule has 6 nitrogen and oxygen atoms in total. The van der Waals surface area contributed by atoms with Crippen LogP contribution in [0.1, 0.15) is 48.0 Å². The van der Waals surface area contributed by atoms with E-state index in [1.807, 2.05) is 27.7 Å². The molecule has 0 aromatic heterocycles. The Hall–Kier alpha value is -0.730. The Balaban J connectivity index is 0. The lowest BCUT2D eigenvalue weighted by atomic mass is 10.2. The zero-order chi connectivity index (χ0) is 16.5. The van der Waals surface area contributed by atoms with Gasteiger partial charge in [-0.15, -0.1) is 24.0 Å². The summed E-state index contributed by atoms with van der Waals surface area (Å²) in [6, 6.07) is 0.314. The van der Waals surface area contributed by atoms with Crippen LogP contribution >= 0.6 is 24.0 Å². The van der Waals surface area contributed by atoms with E-state index in [0.29, 0.717) is 25.7 Å². The van der Waals surface area contributed by atoms with Crippen molar-refractivity contribution in [3.05, 3.63) is 0 Å². The third-order valence-electron chi connectivity index (χ3n) is 2.47. The van der Waals surface area contributed by atoms with E-state index in [4.69, 9.17) is 4.74 Å². The SMILES string of the molecule is CCCN(CCNC(=NC)NC(C)C)C(=O)OC(C)(C)C.I. The number of halogens is 1. The van der Waals surface area contributed by atoms with Crippen molar-refractivity contribution in [2.75, 3.05) is 26.7 Å². The molecule has 0 fully saturated rings. The molecule has 0 saturated heterocycles. The summed E-state index contributed by atoms with van der Waals surface area (Å²) in [7, 11) is 1.73. The predicted octanol–water partition coefficient (Wildman–Crippen LogP) is 2.82. The van der Waals surface area contributed by atoms with E-state index in [2.05, 4.69) is 29.5 Å². The molecule has 0 saturated carbocycles. The number of hydrogen-bond donors (Lipinski definition) is 2. The first-order chi connectivity index (χ1) is 9.69. The number of rotatable bonds is 6. The van der Waals surface area contributed by atoms with Crippen molar-refractivity contribution in [1.29, 1.82) is 0 Å². The van der Waals surface area contributed by atoms with Gasteiger partial charge in [0.25, 0.3) is 0 Å². The Labute approximate surface area is 152 Å². The Bertz CT molecular complexity index is 341. The fourth-order valence-electron chi connectivity index (χ4n) is 1.67. The average Bonchev–Trinajstić information content (AvgIpc) is 2.33. The number of carbonyl (C=O) groups excluding carboxylic acids is 1. The minimum atomic E-state index is -0.467. The van der Waals surface area contributed by atoms with Crippen molar-refractivity contribution in [3.63, 3.8) is 0 Å². The molecule has 2 N–H and O–H groups in total. The number of nitrogens with zero attached hydrogens (tertiary/aromatic N) is 2. The normalized spacial score (nSPS) is 11.7. The highest BCUT2D eigenvalue weighted by Crippen LogP contribution is 2.09. The summed E-state index contributed by atoms with van der Waals surface area (Å²) >= 11 is 0. The number of aliphatic imine (C=N–C) groups is 1. The molecule has 7 heteroatoms. The molecule has 1 amide bonds. The van der Waals surface area contributed by atoms with Crippen molar-refractivity contribution >= 4 is 36.0 Å². The van der Waals surface area contributed by atoms with Crippen LogP contribution in [0.3, 0.4) is 0 Å². The molecule has 0 heterocycles. The predicted molar refractivity (Wildman–Crippen MR) is 103 cm³/mol. The highest BCUT2D eigenvalue weighted by Gasteiger charge is 2.21. The number of guanidine groups is 1. The first-order valence-corrected chi connectivity index (χ1v) is 7.64. The molecule has 0 radical (unpaired) electrons. The van der Waals surface area contributed by atoms with Gasteiger partial charge >= 0.3 is 6.09 Å². The van der Waals surface area contributed by atoms with Crippen molar-refractivity contribution < 1.29 is 9.53 Å². The minimum absolute atomic E-state index is 0. The number of hydrogen-bond acceptors (Lipinski definition) is 3. The molecule has 0 aliphatic heterocycles. The van der Waals surface area contributed by atoms with Crippen LogP contribution in [0.25, 0.3) is 0 Å². The summed E-state index contributed by atoms with van der Waals surface area (Å²) < 4.78 is 5.41. The molecule has 0 spiro atoms. The summed E-state index contributed by atoms with van der Waals surface area (Å²) in [6.45, 7) is 13.7. The van der Waals surface area contributed by atoms with Crippen LogP contribution in [-0.4, -0.2) is 55.3 Å². The standard InChI is InChI=1S/C15H32N4O2.HI/c1-8-10-19(14(20)21-15(4,5)6)11-9-17-13(16-7)18-12(2)3;/h12H,8-11H2,1-7H3,(H2,16,17,18);1H. The maximum atomic E-state index is 12.1. The van der Waals surface area contributed by atoms with E-state index in [1.54, 1.807) is 11.9 Å². The molecule has 0 aromatic rings. The van der Waals surface area contributed by atoms with Crippen LogP contribution in [0.4, 0.5) is 4.79 Å². The fourth-order valence-corrected chi connectivity index (χ4v) is 1.67. The molecule has 0 aromatic carbocycles. The Kier molecular flexibility index (Phi) is 12.6. The highest BCUT2D eigenvalue weighted by molar-refractivity contribution is 14.0. The summed E-state index contributed by atoms with van der Waals surface area (Å²) in [5, 5.41) is 6.40. The van der Waals surface area contributed by atoms with Gasteiger partial charge in [-0.2, -0.15) is 0 Å². The van der Waals surface area contributed by atoms with Gasteiger partial charge in [-0.3, -0.25) is 4.99 Å². The van der Waals surface area contributed by atoms with Crippen molar-refractivity contribution in [1.82, 2.24) is 15.5 Å². The largest absolute Gasteiger partial charge is 0.444 e. The van der Waals surface area contributed by atoms with E-state index in [9.17, 15) is 4.79 Å². The van der Waals surface area contributed by atoms with Crippen LogP contribution < -0.4 is 10.6 Å². The van der Waals surface area contributed by atoms with E-state index in [0.717, 1.165) is 12.4 Å². The maximum absolute atomic E-state index is 12.1. The van der Waals surface area contributed by atoms with Crippen LogP contribution in [0.15, 0.2) is 4.99 Å². The molecular weight excluding hydrogens is 395 g/mol. The summed E-state index contributed by atoms with van der Waals surface area (Å²) in [5.41, 5.74) is -0.467. The van der Waals surface area contributed by atoms with E-state index < -0.39 is 5.60 Å². The minimum Gasteiger partial charge on any atom is -0.444 e. The quantitative estimate of drug-likeness (QED) is 0.388. The van der Waals surface area contributed by atoms with Gasteiger partial charge in [0, 0.05) is 32.7 Å². The third kappa shape index (κ3) is 11.9. The van der Waals surface area contributed by atoms with Crippen molar-refractivity contribution in [2.45, 2.75) is 59.6 Å². The second kappa shape index (κ2) is 11.8. The molecule has 22 heavy (non-hydrogen) atoms. The summed E-state index contributed by atoms with van der Waals surface area (Å²) in [6.07, 6.45) is 0.635. The Morgan fingerprint density at radius 3 is 2.27 bits per heavy atom. The van der Waals surface area contributed by atoms with Crippen molar-refractivity contribution in [3.8, 4) is 0 Å². The van der Waals surface area contributed by atoms with E-state index >= 15 is 0 Å². The average molecular weight is 428 g/mol. The van der Waals surface area contributed by atoms with Crippen LogP contribution in [0.5, 0.6) is 0 Å². The fraction of sp³-hybridized carbons (Fsp3) is 0.867. The van der Waals surface area contributed by atoms with Gasteiger partial charge in [0.1, 0.15) is 5.60 Å². The van der Waals surface area contributed by atoms with Gasteiger partial charge in [-0.1, -0.05) is 6.92 Å². The summed E-state index contributed by atoms with van der Waals surface area (Å²) in [4.78, 5) is 18.0. The van der Waals surface area contributed by atoms with Crippen LogP contribution in [0.2, 0.25) is 0 Å². The Morgan fingerprint density at radius 1 is 1.27 bits per heavy atom. The lowest BCUT2D eigenvalue weighted by Gasteiger charge is -2.27. The van der Waals surface area contributed by atoms with Gasteiger partial charge in [-0.05, 0) is 41.0 Å². The molecule has 0 aliphatic rings. The zero-order valence-electron chi connectivity index (χ0n) is 15.0. The van der Waals surface area contributed by atoms with Crippen LogP contribution in [0, 0.1) is 0 Å². The number of ether oxygens (including phenoxy) is 1. The van der Waals surface area contributed by atoms with Gasteiger partial charge in [0.2, 0.25) is 0 Å². The van der Waals surface area contributed by atoms with Crippen LogP contribution in [-0.2, 0) is 4.74 Å². The lowest BCUT2D eigenvalue weighted by Crippen LogP contribution is -2.46. The zero-order valence-corrected chi connectivity index (χ0v) is 17.4. The first kappa shape index (κ1) is 23.5. The molecule has 0 bridgehead atoms. The topological polar surface area (TPSA) is 66.0 Å². The van der Waals surface area contributed by atoms with Gasteiger partial charge in [-0.25, -0.2) is 4.79 Å². The Morgan fingerprint density at radius 2 is 1.86 bits per heavy atom.